The molecule has 1 unspecified atom stereocenters. The molecule has 0 saturated heterocycles. The minimum absolute atomic E-state index is 0.0730. The lowest BCUT2D eigenvalue weighted by molar-refractivity contribution is -0.122. The van der Waals surface area contributed by atoms with Crippen molar-refractivity contribution >= 4 is 23.4 Å². The summed E-state index contributed by atoms with van der Waals surface area (Å²) < 4.78 is 31.8. The number of halogens is 2. The molecule has 0 aliphatic heterocycles. The molecule has 9 heteroatoms. The Morgan fingerprint density at radius 2 is 1.73 bits per heavy atom. The number of amides is 3. The van der Waals surface area contributed by atoms with Crippen LogP contribution in [-0.2, 0) is 4.79 Å². The van der Waals surface area contributed by atoms with Gasteiger partial charge in [0.05, 0.1) is 6.26 Å². The summed E-state index contributed by atoms with van der Waals surface area (Å²) in [4.78, 5) is 37.0. The van der Waals surface area contributed by atoms with Crippen LogP contribution in [0, 0.1) is 11.6 Å². The van der Waals surface area contributed by atoms with Gasteiger partial charge in [-0.3, -0.25) is 14.4 Å². The van der Waals surface area contributed by atoms with Gasteiger partial charge in [-0.1, -0.05) is 12.1 Å². The Balaban J connectivity index is 1.79. The standard InChI is InChI=1S/C21H17F2N3O4/c1-24-21(29)18(12-7-8-15(22)16(23)11-12)26-19(27)13-4-2-5-14(10-13)25-20(28)17-6-3-9-30-17/h2-11,18H,1H3,(H,24,29)(H,25,28)(H,26,27). The highest BCUT2D eigenvalue weighted by Crippen LogP contribution is 2.19. The summed E-state index contributed by atoms with van der Waals surface area (Å²) in [5, 5.41) is 7.44. The number of nitrogens with one attached hydrogen (secondary N) is 3. The van der Waals surface area contributed by atoms with Gasteiger partial charge in [-0.15, -0.1) is 0 Å². The van der Waals surface area contributed by atoms with Gasteiger partial charge in [-0.2, -0.15) is 0 Å². The fraction of sp³-hybridized carbons (Fsp3) is 0.0952. The number of hydrogen-bond acceptors (Lipinski definition) is 4. The maximum absolute atomic E-state index is 13.6. The summed E-state index contributed by atoms with van der Waals surface area (Å²) >= 11 is 0. The van der Waals surface area contributed by atoms with Gasteiger partial charge in [0.15, 0.2) is 17.4 Å². The smallest absolute Gasteiger partial charge is 0.291 e. The van der Waals surface area contributed by atoms with Crippen molar-refractivity contribution in [1.82, 2.24) is 10.6 Å². The molecular weight excluding hydrogens is 396 g/mol. The van der Waals surface area contributed by atoms with Crippen LogP contribution < -0.4 is 16.0 Å². The molecule has 0 aliphatic rings. The first-order valence-corrected chi connectivity index (χ1v) is 8.81. The van der Waals surface area contributed by atoms with Crippen molar-refractivity contribution in [3.8, 4) is 0 Å². The molecule has 3 amide bonds. The van der Waals surface area contributed by atoms with Crippen LogP contribution in [0.15, 0.2) is 65.3 Å². The van der Waals surface area contributed by atoms with Crippen molar-refractivity contribution in [2.45, 2.75) is 6.04 Å². The maximum Gasteiger partial charge on any atom is 0.291 e. The molecule has 2 aromatic carbocycles. The number of carbonyl (C=O) groups is 3. The molecule has 0 aliphatic carbocycles. The van der Waals surface area contributed by atoms with Crippen molar-refractivity contribution in [2.24, 2.45) is 0 Å². The summed E-state index contributed by atoms with van der Waals surface area (Å²) in [6.45, 7) is 0. The molecule has 3 aromatic rings. The van der Waals surface area contributed by atoms with Gasteiger partial charge in [0.2, 0.25) is 5.91 Å². The van der Waals surface area contributed by atoms with E-state index in [1.54, 1.807) is 18.2 Å². The van der Waals surface area contributed by atoms with E-state index in [9.17, 15) is 23.2 Å². The molecule has 0 bridgehead atoms. The van der Waals surface area contributed by atoms with E-state index in [2.05, 4.69) is 16.0 Å². The van der Waals surface area contributed by atoms with Crippen LogP contribution in [0.3, 0.4) is 0 Å². The second-order valence-corrected chi connectivity index (χ2v) is 6.21. The Labute approximate surface area is 170 Å². The van der Waals surface area contributed by atoms with E-state index in [1.807, 2.05) is 0 Å². The van der Waals surface area contributed by atoms with Gasteiger partial charge in [0, 0.05) is 18.3 Å². The van der Waals surface area contributed by atoms with E-state index >= 15 is 0 Å². The van der Waals surface area contributed by atoms with E-state index in [-0.39, 0.29) is 16.9 Å². The van der Waals surface area contributed by atoms with Crippen molar-refractivity contribution in [2.75, 3.05) is 12.4 Å². The zero-order chi connectivity index (χ0) is 21.7. The highest BCUT2D eigenvalue weighted by Gasteiger charge is 2.24. The first-order chi connectivity index (χ1) is 14.4. The summed E-state index contributed by atoms with van der Waals surface area (Å²) in [7, 11) is 1.35. The summed E-state index contributed by atoms with van der Waals surface area (Å²) in [6, 6.07) is 10.7. The molecule has 0 spiro atoms. The molecule has 1 heterocycles. The van der Waals surface area contributed by atoms with Crippen molar-refractivity contribution < 1.29 is 27.6 Å². The fourth-order valence-electron chi connectivity index (χ4n) is 2.69. The Morgan fingerprint density at radius 1 is 0.933 bits per heavy atom. The van der Waals surface area contributed by atoms with Crippen LogP contribution in [-0.4, -0.2) is 24.8 Å². The molecule has 0 radical (unpaired) electrons. The molecule has 1 atom stereocenters. The number of rotatable bonds is 6. The number of carbonyl (C=O) groups excluding carboxylic acids is 3. The van der Waals surface area contributed by atoms with Crippen LogP contribution in [0.25, 0.3) is 0 Å². The van der Waals surface area contributed by atoms with Gasteiger partial charge >= 0.3 is 0 Å². The van der Waals surface area contributed by atoms with E-state index in [4.69, 9.17) is 4.42 Å². The van der Waals surface area contributed by atoms with Crippen molar-refractivity contribution in [3.63, 3.8) is 0 Å². The highest BCUT2D eigenvalue weighted by atomic mass is 19.2. The third kappa shape index (κ3) is 4.69. The van der Waals surface area contributed by atoms with Crippen LogP contribution in [0.2, 0.25) is 0 Å². The van der Waals surface area contributed by atoms with Gasteiger partial charge < -0.3 is 20.4 Å². The third-order valence-corrected chi connectivity index (χ3v) is 4.19. The average molecular weight is 413 g/mol. The lowest BCUT2D eigenvalue weighted by atomic mass is 10.0. The molecule has 1 aromatic heterocycles. The Morgan fingerprint density at radius 3 is 2.40 bits per heavy atom. The van der Waals surface area contributed by atoms with Gasteiger partial charge in [-0.05, 0) is 48.0 Å². The SMILES string of the molecule is CNC(=O)C(NC(=O)c1cccc(NC(=O)c2ccco2)c1)c1ccc(F)c(F)c1. The second kappa shape index (κ2) is 8.99. The van der Waals surface area contributed by atoms with E-state index in [0.717, 1.165) is 12.1 Å². The summed E-state index contributed by atoms with van der Waals surface area (Å²) in [6.07, 6.45) is 1.36. The van der Waals surface area contributed by atoms with E-state index < -0.39 is 35.4 Å². The number of benzene rings is 2. The summed E-state index contributed by atoms with van der Waals surface area (Å²) in [5.41, 5.74) is 0.543. The molecule has 30 heavy (non-hydrogen) atoms. The highest BCUT2D eigenvalue weighted by molar-refractivity contribution is 6.03. The van der Waals surface area contributed by atoms with Crippen LogP contribution >= 0.6 is 0 Å². The maximum atomic E-state index is 13.6. The van der Waals surface area contributed by atoms with Crippen molar-refractivity contribution in [1.29, 1.82) is 0 Å². The lowest BCUT2D eigenvalue weighted by Crippen LogP contribution is -2.39. The van der Waals surface area contributed by atoms with Gasteiger partial charge in [-0.25, -0.2) is 8.78 Å². The largest absolute Gasteiger partial charge is 0.459 e. The van der Waals surface area contributed by atoms with Gasteiger partial charge in [0.1, 0.15) is 6.04 Å². The zero-order valence-electron chi connectivity index (χ0n) is 15.7. The first kappa shape index (κ1) is 20.7. The third-order valence-electron chi connectivity index (χ3n) is 4.19. The molecule has 0 saturated carbocycles. The number of hydrogen-bond donors (Lipinski definition) is 3. The predicted molar refractivity (Wildman–Crippen MR) is 104 cm³/mol. The Kier molecular flexibility index (Phi) is 6.21. The monoisotopic (exact) mass is 413 g/mol. The number of anilines is 1. The minimum atomic E-state index is -1.25. The molecule has 3 rings (SSSR count). The Bertz CT molecular complexity index is 1080. The quantitative estimate of drug-likeness (QED) is 0.578. The summed E-state index contributed by atoms with van der Waals surface area (Å²) in [5.74, 6) is -3.87. The molecule has 0 fully saturated rings. The number of likely N-dealkylation sites (N-methyl/N-ethyl adjacent to an activating group) is 1. The minimum Gasteiger partial charge on any atom is -0.459 e. The first-order valence-electron chi connectivity index (χ1n) is 8.81. The van der Waals surface area contributed by atoms with Crippen LogP contribution in [0.1, 0.15) is 32.5 Å². The topological polar surface area (TPSA) is 100 Å². The van der Waals surface area contributed by atoms with E-state index in [0.29, 0.717) is 5.69 Å². The lowest BCUT2D eigenvalue weighted by Gasteiger charge is -2.18. The van der Waals surface area contributed by atoms with Crippen molar-refractivity contribution in [3.05, 3.63) is 89.4 Å². The fourth-order valence-corrected chi connectivity index (χ4v) is 2.69. The molecule has 154 valence electrons. The normalized spacial score (nSPS) is 11.4. The predicted octanol–water partition coefficient (Wildman–Crippen LogP) is 3.03. The zero-order valence-corrected chi connectivity index (χ0v) is 15.7. The van der Waals surface area contributed by atoms with Crippen LogP contribution in [0.5, 0.6) is 0 Å². The average Bonchev–Trinajstić information content (AvgIpc) is 3.29. The number of furan rings is 1. The Hall–Kier alpha value is -4.01. The van der Waals surface area contributed by atoms with E-state index in [1.165, 1.54) is 37.6 Å². The van der Waals surface area contributed by atoms with Gasteiger partial charge in [0.25, 0.3) is 11.8 Å². The molecule has 3 N–H and O–H groups in total. The molecular formula is C21H17F2N3O4. The van der Waals surface area contributed by atoms with Crippen LogP contribution in [0.4, 0.5) is 14.5 Å². The second-order valence-electron chi connectivity index (χ2n) is 6.21. The molecule has 7 nitrogen and oxygen atoms in total.